The van der Waals surface area contributed by atoms with E-state index in [0.29, 0.717) is 24.6 Å². The van der Waals surface area contributed by atoms with Gasteiger partial charge in [-0.25, -0.2) is 31.6 Å². The van der Waals surface area contributed by atoms with Gasteiger partial charge in [0.2, 0.25) is 11.8 Å². The van der Waals surface area contributed by atoms with Crippen LogP contribution in [0.5, 0.6) is 0 Å². The molecule has 1 saturated heterocycles. The molecule has 0 amide bonds. The highest BCUT2D eigenvalue weighted by Gasteiger charge is 2.25. The second-order valence-corrected chi connectivity index (χ2v) is 8.02. The van der Waals surface area contributed by atoms with Crippen molar-refractivity contribution in [1.29, 1.82) is 0 Å². The zero-order valence-corrected chi connectivity index (χ0v) is 18.7. The molecule has 0 radical (unpaired) electrons. The van der Waals surface area contributed by atoms with E-state index in [2.05, 4.69) is 21.9 Å². The number of aromatic nitrogens is 4. The van der Waals surface area contributed by atoms with Crippen molar-refractivity contribution in [1.82, 2.24) is 19.3 Å². The summed E-state index contributed by atoms with van der Waals surface area (Å²) in [7, 11) is 0. The number of anilines is 1. The highest BCUT2D eigenvalue weighted by atomic mass is 19.2. The normalized spacial score (nSPS) is 16.2. The van der Waals surface area contributed by atoms with Crippen LogP contribution in [0.2, 0.25) is 0 Å². The molecule has 3 aromatic rings. The van der Waals surface area contributed by atoms with E-state index in [0.717, 1.165) is 29.7 Å². The third-order valence-corrected chi connectivity index (χ3v) is 5.69. The van der Waals surface area contributed by atoms with Crippen molar-refractivity contribution in [3.05, 3.63) is 57.3 Å². The van der Waals surface area contributed by atoms with Crippen LogP contribution in [0.1, 0.15) is 25.3 Å². The van der Waals surface area contributed by atoms with Crippen LogP contribution in [0.15, 0.2) is 17.1 Å². The number of benzene rings is 1. The molecule has 7 nitrogen and oxygen atoms in total. The van der Waals surface area contributed by atoms with E-state index in [-0.39, 0.29) is 24.6 Å². The molecule has 2 aromatic heterocycles. The van der Waals surface area contributed by atoms with Gasteiger partial charge >= 0.3 is 0 Å². The predicted octanol–water partition coefficient (Wildman–Crippen LogP) is 2.95. The molecule has 2 N–H and O–H groups in total. The zero-order valence-electron chi connectivity index (χ0n) is 18.7. The summed E-state index contributed by atoms with van der Waals surface area (Å²) in [6, 6.07) is -0.0314. The number of hydrogen-bond donors (Lipinski definition) is 1. The van der Waals surface area contributed by atoms with E-state index in [1.54, 1.807) is 11.5 Å². The maximum absolute atomic E-state index is 13.9. The van der Waals surface area contributed by atoms with E-state index in [1.807, 2.05) is 4.90 Å². The molecule has 4 rings (SSSR count). The van der Waals surface area contributed by atoms with Gasteiger partial charge in [0.15, 0.2) is 23.3 Å². The molecule has 1 fully saturated rings. The summed E-state index contributed by atoms with van der Waals surface area (Å²) in [5, 5.41) is 4.03. The maximum Gasteiger partial charge on any atom is 0.293 e. The Kier molecular flexibility index (Phi) is 6.88. The molecule has 0 spiro atoms. The van der Waals surface area contributed by atoms with Gasteiger partial charge in [0, 0.05) is 19.1 Å². The van der Waals surface area contributed by atoms with Gasteiger partial charge in [-0.05, 0) is 19.8 Å². The molecule has 1 aliphatic heterocycles. The lowest BCUT2D eigenvalue weighted by molar-refractivity contribution is 0.377. The fourth-order valence-corrected chi connectivity index (χ4v) is 3.98. The van der Waals surface area contributed by atoms with Crippen molar-refractivity contribution in [3.8, 4) is 11.8 Å². The first-order valence-electron chi connectivity index (χ1n) is 10.8. The Hall–Kier alpha value is -3.72. The SMILES string of the molecule is CC#CCn1c(N2CCCC(N)C2)nc2cnn(CC=Cc3c(F)c(F)c(F)c(F)c3F)c(=O)c21. The fraction of sp³-hybridized carbons (Fsp3) is 0.348. The van der Waals surface area contributed by atoms with Crippen LogP contribution >= 0.6 is 0 Å². The molecule has 184 valence electrons. The largest absolute Gasteiger partial charge is 0.341 e. The van der Waals surface area contributed by atoms with Crippen LogP contribution in [0, 0.1) is 40.9 Å². The summed E-state index contributed by atoms with van der Waals surface area (Å²) in [5.74, 6) is -4.03. The van der Waals surface area contributed by atoms with E-state index in [4.69, 9.17) is 5.73 Å². The number of nitrogens with two attached hydrogens (primary N) is 1. The van der Waals surface area contributed by atoms with Crippen molar-refractivity contribution < 1.29 is 22.0 Å². The van der Waals surface area contributed by atoms with Crippen LogP contribution in [0.25, 0.3) is 17.1 Å². The Labute approximate surface area is 196 Å². The molecule has 1 aliphatic rings. The molecule has 12 heteroatoms. The Morgan fingerprint density at radius 3 is 2.49 bits per heavy atom. The minimum atomic E-state index is -2.24. The van der Waals surface area contributed by atoms with Crippen LogP contribution in [0.4, 0.5) is 27.9 Å². The summed E-state index contributed by atoms with van der Waals surface area (Å²) >= 11 is 0. The third kappa shape index (κ3) is 4.51. The van der Waals surface area contributed by atoms with Gasteiger partial charge in [-0.3, -0.25) is 9.36 Å². The second-order valence-electron chi connectivity index (χ2n) is 8.02. The van der Waals surface area contributed by atoms with Crippen LogP contribution < -0.4 is 16.2 Å². The minimum Gasteiger partial charge on any atom is -0.341 e. The summed E-state index contributed by atoms with van der Waals surface area (Å²) in [4.78, 5) is 19.7. The number of fused-ring (bicyclic) bond motifs is 1. The lowest BCUT2D eigenvalue weighted by atomic mass is 10.1. The summed E-state index contributed by atoms with van der Waals surface area (Å²) < 4.78 is 70.5. The Balaban J connectivity index is 1.72. The lowest BCUT2D eigenvalue weighted by Crippen LogP contribution is -2.44. The molecule has 1 aromatic carbocycles. The zero-order chi connectivity index (χ0) is 25.3. The predicted molar refractivity (Wildman–Crippen MR) is 120 cm³/mol. The lowest BCUT2D eigenvalue weighted by Gasteiger charge is -2.31. The molecule has 35 heavy (non-hydrogen) atoms. The third-order valence-electron chi connectivity index (χ3n) is 5.69. The van der Waals surface area contributed by atoms with E-state index < -0.39 is 40.2 Å². The maximum atomic E-state index is 13.9. The summed E-state index contributed by atoms with van der Waals surface area (Å²) in [6.07, 6.45) is 4.92. The standard InChI is InChI=1S/C23H21F5N6O/c1-2-3-9-33-21-15(31-23(33)32-8-4-6-13(29)12-32)11-30-34(22(21)35)10-5-7-14-16(24)18(26)20(28)19(27)17(14)25/h5,7,11,13H,4,6,8-10,12,29H2,1H3. The Morgan fingerprint density at radius 2 is 1.83 bits per heavy atom. The Morgan fingerprint density at radius 1 is 1.14 bits per heavy atom. The van der Waals surface area contributed by atoms with Gasteiger partial charge < -0.3 is 10.6 Å². The van der Waals surface area contributed by atoms with Gasteiger partial charge in [0.05, 0.1) is 24.8 Å². The molecule has 3 heterocycles. The van der Waals surface area contributed by atoms with Crippen molar-refractivity contribution in [2.45, 2.75) is 38.9 Å². The van der Waals surface area contributed by atoms with Crippen LogP contribution in [0.3, 0.4) is 0 Å². The first kappa shape index (κ1) is 24.4. The molecule has 1 unspecified atom stereocenters. The number of imidazole rings is 1. The summed E-state index contributed by atoms with van der Waals surface area (Å²) in [6.45, 7) is 2.84. The first-order chi connectivity index (χ1) is 16.7. The van der Waals surface area contributed by atoms with Crippen molar-refractivity contribution in [2.75, 3.05) is 18.0 Å². The molecule has 1 atom stereocenters. The highest BCUT2D eigenvalue weighted by molar-refractivity contribution is 5.77. The van der Waals surface area contributed by atoms with Crippen molar-refractivity contribution >= 4 is 23.1 Å². The van der Waals surface area contributed by atoms with Crippen LogP contribution in [-0.4, -0.2) is 38.5 Å². The molecular formula is C23H21F5N6O. The number of hydrogen-bond acceptors (Lipinski definition) is 5. The molecule has 0 saturated carbocycles. The van der Waals surface area contributed by atoms with Gasteiger partial charge in [-0.2, -0.15) is 5.10 Å². The fourth-order valence-electron chi connectivity index (χ4n) is 3.98. The number of halogens is 5. The molecular weight excluding hydrogens is 471 g/mol. The topological polar surface area (TPSA) is 82.0 Å². The molecule has 0 bridgehead atoms. The highest BCUT2D eigenvalue weighted by Crippen LogP contribution is 2.25. The minimum absolute atomic E-state index is 0.0314. The first-order valence-corrected chi connectivity index (χ1v) is 10.8. The van der Waals surface area contributed by atoms with Gasteiger partial charge in [-0.15, -0.1) is 5.92 Å². The van der Waals surface area contributed by atoms with Crippen LogP contribution in [-0.2, 0) is 13.1 Å². The van der Waals surface area contributed by atoms with E-state index in [9.17, 15) is 26.7 Å². The number of rotatable bonds is 5. The van der Waals surface area contributed by atoms with Gasteiger partial charge in [0.25, 0.3) is 5.56 Å². The van der Waals surface area contributed by atoms with Crippen molar-refractivity contribution in [2.24, 2.45) is 5.73 Å². The number of nitrogens with zero attached hydrogens (tertiary/aromatic N) is 5. The Bertz CT molecular complexity index is 1410. The average Bonchev–Trinajstić information content (AvgIpc) is 3.23. The average molecular weight is 492 g/mol. The van der Waals surface area contributed by atoms with Crippen molar-refractivity contribution in [3.63, 3.8) is 0 Å². The monoisotopic (exact) mass is 492 g/mol. The number of allylic oxidation sites excluding steroid dienone is 1. The van der Waals surface area contributed by atoms with E-state index >= 15 is 0 Å². The van der Waals surface area contributed by atoms with Gasteiger partial charge in [0.1, 0.15) is 11.0 Å². The summed E-state index contributed by atoms with van der Waals surface area (Å²) in [5.41, 5.74) is 5.00. The number of piperidine rings is 1. The van der Waals surface area contributed by atoms with Gasteiger partial charge in [-0.1, -0.05) is 18.1 Å². The van der Waals surface area contributed by atoms with E-state index in [1.165, 1.54) is 6.20 Å². The smallest absolute Gasteiger partial charge is 0.293 e. The molecule has 0 aliphatic carbocycles. The quantitative estimate of drug-likeness (QED) is 0.256. The second kappa shape index (κ2) is 9.87.